The number of aromatic nitrogens is 2. The molecular formula is C19H23N3O2. The smallest absolute Gasteiger partial charge is 0.275 e. The van der Waals surface area contributed by atoms with Gasteiger partial charge in [-0.1, -0.05) is 12.1 Å². The molecule has 1 amide bonds. The molecule has 4 rings (SSSR count). The molecular weight excluding hydrogens is 302 g/mol. The van der Waals surface area contributed by atoms with Crippen molar-refractivity contribution in [2.75, 3.05) is 13.7 Å². The summed E-state index contributed by atoms with van der Waals surface area (Å²) in [5.74, 6) is 0.906. The van der Waals surface area contributed by atoms with Crippen LogP contribution in [0.4, 0.5) is 0 Å². The monoisotopic (exact) mass is 325 g/mol. The Morgan fingerprint density at radius 3 is 3.04 bits per heavy atom. The number of carbonyl (C=O) groups is 1. The van der Waals surface area contributed by atoms with E-state index in [1.807, 2.05) is 23.1 Å². The summed E-state index contributed by atoms with van der Waals surface area (Å²) in [6.07, 6.45) is 6.32. The zero-order valence-corrected chi connectivity index (χ0v) is 14.0. The first-order chi connectivity index (χ1) is 11.8. The second-order valence-electron chi connectivity index (χ2n) is 6.67. The molecule has 1 N–H and O–H groups in total. The normalized spacial score (nSPS) is 20.0. The molecule has 5 heteroatoms. The number of aromatic amines is 1. The van der Waals surface area contributed by atoms with Gasteiger partial charge in [-0.05, 0) is 56.2 Å². The van der Waals surface area contributed by atoms with Crippen LogP contribution in [0.5, 0.6) is 5.75 Å². The first-order valence-corrected chi connectivity index (χ1v) is 8.79. The summed E-state index contributed by atoms with van der Waals surface area (Å²) in [5, 5.41) is 7.45. The maximum absolute atomic E-state index is 13.1. The summed E-state index contributed by atoms with van der Waals surface area (Å²) in [6.45, 7) is 0.794. The summed E-state index contributed by atoms with van der Waals surface area (Å²) in [6, 6.07) is 8.17. The SMILES string of the molecule is COc1cccc(C2CCCN2C(=O)c2n[nH]c3c2CCCC3)c1. The van der Waals surface area contributed by atoms with Gasteiger partial charge < -0.3 is 9.64 Å². The van der Waals surface area contributed by atoms with E-state index in [4.69, 9.17) is 4.74 Å². The van der Waals surface area contributed by atoms with E-state index in [-0.39, 0.29) is 11.9 Å². The number of hydrogen-bond donors (Lipinski definition) is 1. The molecule has 24 heavy (non-hydrogen) atoms. The highest BCUT2D eigenvalue weighted by molar-refractivity contribution is 5.94. The van der Waals surface area contributed by atoms with E-state index in [1.165, 1.54) is 6.42 Å². The maximum Gasteiger partial charge on any atom is 0.275 e. The van der Waals surface area contributed by atoms with E-state index < -0.39 is 0 Å². The highest BCUT2D eigenvalue weighted by atomic mass is 16.5. The van der Waals surface area contributed by atoms with E-state index in [1.54, 1.807) is 7.11 Å². The lowest BCUT2D eigenvalue weighted by atomic mass is 9.95. The number of likely N-dealkylation sites (tertiary alicyclic amines) is 1. The molecule has 1 aromatic heterocycles. The molecule has 2 aliphatic rings. The number of rotatable bonds is 3. The van der Waals surface area contributed by atoms with Crippen LogP contribution in [0.15, 0.2) is 24.3 Å². The van der Waals surface area contributed by atoms with Crippen LogP contribution in [0, 0.1) is 0 Å². The van der Waals surface area contributed by atoms with Crippen molar-refractivity contribution in [1.29, 1.82) is 0 Å². The van der Waals surface area contributed by atoms with Crippen LogP contribution >= 0.6 is 0 Å². The molecule has 1 saturated heterocycles. The lowest BCUT2D eigenvalue weighted by Crippen LogP contribution is -2.31. The van der Waals surface area contributed by atoms with Gasteiger partial charge in [-0.25, -0.2) is 0 Å². The lowest BCUT2D eigenvalue weighted by molar-refractivity contribution is 0.0728. The zero-order valence-electron chi connectivity index (χ0n) is 14.0. The first kappa shape index (κ1) is 15.2. The lowest BCUT2D eigenvalue weighted by Gasteiger charge is -2.25. The number of H-pyrrole nitrogens is 1. The van der Waals surface area contributed by atoms with Gasteiger partial charge in [0, 0.05) is 17.8 Å². The van der Waals surface area contributed by atoms with Gasteiger partial charge in [-0.15, -0.1) is 0 Å². The fraction of sp³-hybridized carbons (Fsp3) is 0.474. The molecule has 0 radical (unpaired) electrons. The number of ether oxygens (including phenoxy) is 1. The summed E-state index contributed by atoms with van der Waals surface area (Å²) in [7, 11) is 1.67. The molecule has 1 aliphatic heterocycles. The number of methoxy groups -OCH3 is 1. The summed E-state index contributed by atoms with van der Waals surface area (Å²) in [4.78, 5) is 15.1. The molecule has 1 aromatic carbocycles. The van der Waals surface area contributed by atoms with E-state index in [2.05, 4.69) is 16.3 Å². The second-order valence-corrected chi connectivity index (χ2v) is 6.67. The van der Waals surface area contributed by atoms with E-state index in [0.29, 0.717) is 5.69 Å². The minimum Gasteiger partial charge on any atom is -0.497 e. The molecule has 126 valence electrons. The quantitative estimate of drug-likeness (QED) is 0.942. The zero-order chi connectivity index (χ0) is 16.5. The van der Waals surface area contributed by atoms with Gasteiger partial charge in [0.2, 0.25) is 0 Å². The van der Waals surface area contributed by atoms with Gasteiger partial charge in [-0.2, -0.15) is 5.10 Å². The number of fused-ring (bicyclic) bond motifs is 1. The Bertz CT molecular complexity index is 753. The van der Waals surface area contributed by atoms with Crippen molar-refractivity contribution in [3.8, 4) is 5.75 Å². The minimum absolute atomic E-state index is 0.0692. The van der Waals surface area contributed by atoms with Crippen molar-refractivity contribution >= 4 is 5.91 Å². The largest absolute Gasteiger partial charge is 0.497 e. The number of carbonyl (C=O) groups excluding carboxylic acids is 1. The maximum atomic E-state index is 13.1. The van der Waals surface area contributed by atoms with Gasteiger partial charge in [0.05, 0.1) is 13.2 Å². The Kier molecular flexibility index (Phi) is 4.00. The van der Waals surface area contributed by atoms with Crippen LogP contribution in [0.1, 0.15) is 59.0 Å². The van der Waals surface area contributed by atoms with Crippen molar-refractivity contribution in [3.05, 3.63) is 46.8 Å². The van der Waals surface area contributed by atoms with Crippen LogP contribution in [-0.4, -0.2) is 34.7 Å². The highest BCUT2D eigenvalue weighted by Gasteiger charge is 2.34. The molecule has 1 aliphatic carbocycles. The van der Waals surface area contributed by atoms with Gasteiger partial charge in [0.1, 0.15) is 5.75 Å². The molecule has 5 nitrogen and oxygen atoms in total. The minimum atomic E-state index is 0.0692. The summed E-state index contributed by atoms with van der Waals surface area (Å²) < 4.78 is 5.34. The Morgan fingerprint density at radius 2 is 2.17 bits per heavy atom. The van der Waals surface area contributed by atoms with Crippen LogP contribution in [-0.2, 0) is 12.8 Å². The van der Waals surface area contributed by atoms with Crippen LogP contribution in [0.2, 0.25) is 0 Å². The molecule has 0 spiro atoms. The van der Waals surface area contributed by atoms with Crippen LogP contribution in [0.25, 0.3) is 0 Å². The van der Waals surface area contributed by atoms with Gasteiger partial charge >= 0.3 is 0 Å². The van der Waals surface area contributed by atoms with E-state index in [0.717, 1.165) is 61.2 Å². The number of nitrogens with one attached hydrogen (secondary N) is 1. The Labute approximate surface area is 142 Å². The number of hydrogen-bond acceptors (Lipinski definition) is 3. The number of aryl methyl sites for hydroxylation is 1. The van der Waals surface area contributed by atoms with Crippen LogP contribution < -0.4 is 4.74 Å². The molecule has 1 atom stereocenters. The van der Waals surface area contributed by atoms with Crippen molar-refractivity contribution in [2.45, 2.75) is 44.6 Å². The standard InChI is InChI=1S/C19H23N3O2/c1-24-14-7-4-6-13(12-14)17-10-5-11-22(17)19(23)18-15-8-2-3-9-16(15)20-21-18/h4,6-7,12,17H,2-3,5,8-11H2,1H3,(H,20,21). The predicted molar refractivity (Wildman–Crippen MR) is 91.2 cm³/mol. The second kappa shape index (κ2) is 6.30. The average Bonchev–Trinajstić information content (AvgIpc) is 3.28. The number of nitrogens with zero attached hydrogens (tertiary/aromatic N) is 2. The molecule has 1 fully saturated rings. The summed E-state index contributed by atoms with van der Waals surface area (Å²) >= 11 is 0. The third kappa shape index (κ3) is 2.58. The Morgan fingerprint density at radius 1 is 1.29 bits per heavy atom. The topological polar surface area (TPSA) is 58.2 Å². The average molecular weight is 325 g/mol. The fourth-order valence-corrected chi connectivity index (χ4v) is 4.00. The van der Waals surface area contributed by atoms with Gasteiger partial charge in [0.15, 0.2) is 5.69 Å². The molecule has 1 unspecified atom stereocenters. The molecule has 0 bridgehead atoms. The highest BCUT2D eigenvalue weighted by Crippen LogP contribution is 2.35. The van der Waals surface area contributed by atoms with Gasteiger partial charge in [0.25, 0.3) is 5.91 Å². The van der Waals surface area contributed by atoms with Crippen molar-refractivity contribution in [3.63, 3.8) is 0 Å². The molecule has 0 saturated carbocycles. The van der Waals surface area contributed by atoms with Crippen molar-refractivity contribution in [1.82, 2.24) is 15.1 Å². The third-order valence-corrected chi connectivity index (χ3v) is 5.25. The Hall–Kier alpha value is -2.30. The van der Waals surface area contributed by atoms with Crippen molar-refractivity contribution < 1.29 is 9.53 Å². The number of benzene rings is 1. The van der Waals surface area contributed by atoms with E-state index >= 15 is 0 Å². The first-order valence-electron chi connectivity index (χ1n) is 8.79. The predicted octanol–water partition coefficient (Wildman–Crippen LogP) is 3.27. The molecule has 2 heterocycles. The van der Waals surface area contributed by atoms with Gasteiger partial charge in [-0.3, -0.25) is 9.89 Å². The summed E-state index contributed by atoms with van der Waals surface area (Å²) in [5.41, 5.74) is 4.08. The fourth-order valence-electron chi connectivity index (χ4n) is 4.00. The Balaban J connectivity index is 1.62. The molecule has 2 aromatic rings. The third-order valence-electron chi connectivity index (χ3n) is 5.25. The van der Waals surface area contributed by atoms with E-state index in [9.17, 15) is 4.79 Å². The van der Waals surface area contributed by atoms with Crippen molar-refractivity contribution in [2.24, 2.45) is 0 Å². The number of amides is 1. The van der Waals surface area contributed by atoms with Crippen LogP contribution in [0.3, 0.4) is 0 Å².